The van der Waals surface area contributed by atoms with Crippen molar-refractivity contribution in [2.75, 3.05) is 26.4 Å². The van der Waals surface area contributed by atoms with Crippen molar-refractivity contribution in [1.82, 2.24) is 0 Å². The van der Waals surface area contributed by atoms with Gasteiger partial charge in [-0.3, -0.25) is 14.4 Å². The second kappa shape index (κ2) is 16.8. The van der Waals surface area contributed by atoms with Crippen LogP contribution in [0.25, 0.3) is 10.8 Å². The van der Waals surface area contributed by atoms with Crippen molar-refractivity contribution in [1.29, 1.82) is 0 Å². The van der Waals surface area contributed by atoms with Gasteiger partial charge in [-0.15, -0.1) is 0 Å². The number of unbranched alkanes of at least 4 members (excludes halogenated alkanes) is 3. The summed E-state index contributed by atoms with van der Waals surface area (Å²) in [5, 5.41) is 1.69. The number of hydrogen-bond donors (Lipinski definition) is 0. The highest BCUT2D eigenvalue weighted by molar-refractivity contribution is 5.88. The lowest BCUT2D eigenvalue weighted by Gasteiger charge is -2.13. The Balaban J connectivity index is 1.78. The molecule has 0 radical (unpaired) electrons. The molecule has 1 atom stereocenters. The Kier molecular flexibility index (Phi) is 13.5. The summed E-state index contributed by atoms with van der Waals surface area (Å²) in [5.74, 6) is -3.25. The van der Waals surface area contributed by atoms with E-state index in [0.29, 0.717) is 17.7 Å². The Hall–Kier alpha value is -3.95. The lowest BCUT2D eigenvalue weighted by molar-refractivity contribution is -0.166. The van der Waals surface area contributed by atoms with Gasteiger partial charge in [-0.1, -0.05) is 57.4 Å². The lowest BCUT2D eigenvalue weighted by Crippen LogP contribution is -2.23. The quantitative estimate of drug-likeness (QED) is 0.130. The van der Waals surface area contributed by atoms with E-state index in [1.54, 1.807) is 38.1 Å². The van der Waals surface area contributed by atoms with Crippen LogP contribution in [0.3, 0.4) is 0 Å². The summed E-state index contributed by atoms with van der Waals surface area (Å²) < 4.78 is 24.7. The van der Waals surface area contributed by atoms with Gasteiger partial charge in [0.25, 0.3) is 0 Å². The molecule has 2 rings (SSSR count). The van der Waals surface area contributed by atoms with E-state index < -0.39 is 43.0 Å². The van der Waals surface area contributed by atoms with E-state index in [1.807, 2.05) is 12.1 Å². The maximum atomic E-state index is 12.5. The molecule has 0 aliphatic carbocycles. The van der Waals surface area contributed by atoms with Crippen LogP contribution >= 0.6 is 0 Å². The van der Waals surface area contributed by atoms with Gasteiger partial charge in [0.2, 0.25) is 0 Å². The number of esters is 5. The average molecular weight is 545 g/mol. The summed E-state index contributed by atoms with van der Waals surface area (Å²) in [4.78, 5) is 58.9. The number of carbonyl (C=O) groups is 5. The van der Waals surface area contributed by atoms with Gasteiger partial charge in [0.15, 0.2) is 13.2 Å². The van der Waals surface area contributed by atoms with Gasteiger partial charge in [-0.25, -0.2) is 9.59 Å². The predicted octanol–water partition coefficient (Wildman–Crippen LogP) is 4.40. The number of carbonyl (C=O) groups excluding carboxylic acids is 5. The number of fused-ring (bicyclic) bond motifs is 1. The summed E-state index contributed by atoms with van der Waals surface area (Å²) in [6, 6.07) is 10.7. The van der Waals surface area contributed by atoms with Crippen LogP contribution in [0, 0.1) is 0 Å². The van der Waals surface area contributed by atoms with Crippen LogP contribution < -0.4 is 4.74 Å². The van der Waals surface area contributed by atoms with Crippen LogP contribution in [-0.4, -0.2) is 56.3 Å². The third kappa shape index (κ3) is 11.5. The Morgan fingerprint density at radius 3 is 2.05 bits per heavy atom. The topological polar surface area (TPSA) is 132 Å². The van der Waals surface area contributed by atoms with Gasteiger partial charge in [0, 0.05) is 12.8 Å². The SMILES string of the molecule is CCCCCCC(=O)Oc1ccc2cc(C(C)C(=O)OCC(=O)OCC(=O)OCCOC(=O)CC)ccc2c1. The van der Waals surface area contributed by atoms with Crippen LogP contribution in [0.4, 0.5) is 0 Å². The third-order valence-corrected chi connectivity index (χ3v) is 5.74. The standard InChI is InChI=1S/C29H36O10/c1-4-6-7-8-9-26(31)39-24-13-12-22-16-21(10-11-23(22)17-24)20(3)29(34)38-19-28(33)37-18-27(32)36-15-14-35-25(30)5-2/h10-13,16-17,20H,4-9,14-15,18-19H2,1-3H3. The molecule has 1 unspecified atom stereocenters. The van der Waals surface area contributed by atoms with E-state index in [9.17, 15) is 24.0 Å². The van der Waals surface area contributed by atoms with E-state index >= 15 is 0 Å². The molecule has 0 saturated carbocycles. The second-order valence-electron chi connectivity index (χ2n) is 8.84. The molecule has 10 nitrogen and oxygen atoms in total. The minimum Gasteiger partial charge on any atom is -0.462 e. The Labute approximate surface area is 227 Å². The summed E-state index contributed by atoms with van der Waals surface area (Å²) >= 11 is 0. The lowest BCUT2D eigenvalue weighted by atomic mass is 9.98. The van der Waals surface area contributed by atoms with Gasteiger partial charge in [0.1, 0.15) is 19.0 Å². The van der Waals surface area contributed by atoms with Crippen molar-refractivity contribution in [2.24, 2.45) is 0 Å². The van der Waals surface area contributed by atoms with Gasteiger partial charge in [-0.05, 0) is 41.8 Å². The van der Waals surface area contributed by atoms with E-state index in [1.165, 1.54) is 0 Å². The molecule has 0 saturated heterocycles. The minimum absolute atomic E-state index is 0.0928. The first-order valence-electron chi connectivity index (χ1n) is 13.1. The number of benzene rings is 2. The summed E-state index contributed by atoms with van der Waals surface area (Å²) in [5.41, 5.74) is 0.675. The first-order valence-corrected chi connectivity index (χ1v) is 13.1. The van der Waals surface area contributed by atoms with E-state index in [0.717, 1.165) is 36.5 Å². The molecule has 39 heavy (non-hydrogen) atoms. The molecular formula is C29H36O10. The highest BCUT2D eigenvalue weighted by Crippen LogP contribution is 2.26. The average Bonchev–Trinajstić information content (AvgIpc) is 2.94. The van der Waals surface area contributed by atoms with Crippen molar-refractivity contribution in [3.05, 3.63) is 42.0 Å². The normalized spacial score (nSPS) is 11.4. The van der Waals surface area contributed by atoms with Crippen molar-refractivity contribution >= 4 is 40.6 Å². The fraction of sp³-hybridized carbons (Fsp3) is 0.483. The molecule has 2 aromatic rings. The van der Waals surface area contributed by atoms with Crippen molar-refractivity contribution in [2.45, 2.75) is 65.2 Å². The molecule has 0 heterocycles. The maximum absolute atomic E-state index is 12.5. The number of rotatable bonds is 16. The van der Waals surface area contributed by atoms with E-state index in [-0.39, 0.29) is 25.6 Å². The second-order valence-corrected chi connectivity index (χ2v) is 8.84. The number of ether oxygens (including phenoxy) is 5. The molecular weight excluding hydrogens is 508 g/mol. The Morgan fingerprint density at radius 1 is 0.692 bits per heavy atom. The van der Waals surface area contributed by atoms with Gasteiger partial charge in [0.05, 0.1) is 5.92 Å². The fourth-order valence-corrected chi connectivity index (χ4v) is 3.48. The van der Waals surface area contributed by atoms with Crippen LogP contribution in [0.5, 0.6) is 5.75 Å². The van der Waals surface area contributed by atoms with Crippen LogP contribution in [0.2, 0.25) is 0 Å². The molecule has 0 aromatic heterocycles. The van der Waals surface area contributed by atoms with Gasteiger partial charge < -0.3 is 23.7 Å². The highest BCUT2D eigenvalue weighted by atomic mass is 16.6. The molecule has 0 amide bonds. The zero-order chi connectivity index (χ0) is 28.6. The maximum Gasteiger partial charge on any atom is 0.344 e. The van der Waals surface area contributed by atoms with Crippen LogP contribution in [-0.2, 0) is 42.9 Å². The Morgan fingerprint density at radius 2 is 1.33 bits per heavy atom. The summed E-state index contributed by atoms with van der Waals surface area (Å²) in [6.45, 7) is 3.82. The summed E-state index contributed by atoms with van der Waals surface area (Å²) in [6.07, 6.45) is 4.60. The Bertz CT molecular complexity index is 1140. The molecule has 0 aliphatic rings. The fourth-order valence-electron chi connectivity index (χ4n) is 3.48. The van der Waals surface area contributed by atoms with E-state index in [4.69, 9.17) is 23.7 Å². The molecule has 0 spiro atoms. The zero-order valence-corrected chi connectivity index (χ0v) is 22.7. The van der Waals surface area contributed by atoms with E-state index in [2.05, 4.69) is 6.92 Å². The smallest absolute Gasteiger partial charge is 0.344 e. The molecule has 0 bridgehead atoms. The molecule has 2 aromatic carbocycles. The van der Waals surface area contributed by atoms with Gasteiger partial charge >= 0.3 is 29.8 Å². The zero-order valence-electron chi connectivity index (χ0n) is 22.7. The molecule has 0 N–H and O–H groups in total. The van der Waals surface area contributed by atoms with Crippen LogP contribution in [0.1, 0.15) is 70.8 Å². The summed E-state index contributed by atoms with van der Waals surface area (Å²) in [7, 11) is 0. The van der Waals surface area contributed by atoms with Crippen molar-refractivity contribution in [3.8, 4) is 5.75 Å². The largest absolute Gasteiger partial charge is 0.462 e. The van der Waals surface area contributed by atoms with Crippen LogP contribution in [0.15, 0.2) is 36.4 Å². The third-order valence-electron chi connectivity index (χ3n) is 5.74. The monoisotopic (exact) mass is 544 g/mol. The molecule has 212 valence electrons. The predicted molar refractivity (Wildman–Crippen MR) is 141 cm³/mol. The molecule has 0 fully saturated rings. The van der Waals surface area contributed by atoms with Gasteiger partial charge in [-0.2, -0.15) is 0 Å². The van der Waals surface area contributed by atoms with Crippen molar-refractivity contribution < 1.29 is 47.7 Å². The highest BCUT2D eigenvalue weighted by Gasteiger charge is 2.19. The molecule has 10 heteroatoms. The number of hydrogen-bond acceptors (Lipinski definition) is 10. The minimum atomic E-state index is -0.907. The molecule has 0 aliphatic heterocycles. The first kappa shape index (κ1) is 31.3. The van der Waals surface area contributed by atoms with Crippen molar-refractivity contribution in [3.63, 3.8) is 0 Å². The first-order chi connectivity index (χ1) is 18.7.